The van der Waals surface area contributed by atoms with Crippen LogP contribution in [0.5, 0.6) is 0 Å². The van der Waals surface area contributed by atoms with Crippen LogP contribution < -0.4 is 5.32 Å². The minimum Gasteiger partial charge on any atom is -0.347 e. The summed E-state index contributed by atoms with van der Waals surface area (Å²) in [5.41, 5.74) is -0.276. The lowest BCUT2D eigenvalue weighted by Crippen LogP contribution is -2.23. The fourth-order valence-corrected chi connectivity index (χ4v) is 1.99. The third-order valence-corrected chi connectivity index (χ3v) is 3.05. The number of carbonyl (C=O) groups is 1. The summed E-state index contributed by atoms with van der Waals surface area (Å²) >= 11 is 1.48. The van der Waals surface area contributed by atoms with E-state index >= 15 is 0 Å². The molecule has 0 bridgehead atoms. The molecule has 2 aromatic rings. The Kier molecular flexibility index (Phi) is 3.49. The van der Waals surface area contributed by atoms with Crippen molar-refractivity contribution in [1.29, 1.82) is 0 Å². The summed E-state index contributed by atoms with van der Waals surface area (Å²) in [6, 6.07) is 6.52. The van der Waals surface area contributed by atoms with E-state index < -0.39 is 17.5 Å². The van der Waals surface area contributed by atoms with Gasteiger partial charge in [-0.25, -0.2) is 8.78 Å². The van der Waals surface area contributed by atoms with Crippen LogP contribution in [0.15, 0.2) is 35.7 Å². The van der Waals surface area contributed by atoms with Crippen LogP contribution in [0.4, 0.5) is 8.78 Å². The molecule has 1 aromatic heterocycles. The molecule has 88 valence electrons. The van der Waals surface area contributed by atoms with Gasteiger partial charge in [-0.2, -0.15) is 0 Å². The fourth-order valence-electron chi connectivity index (χ4n) is 1.35. The lowest BCUT2D eigenvalue weighted by Gasteiger charge is -2.04. The lowest BCUT2D eigenvalue weighted by molar-refractivity contribution is 0.0946. The number of carbonyl (C=O) groups excluding carboxylic acids is 1. The number of amides is 1. The van der Waals surface area contributed by atoms with Crippen molar-refractivity contribution in [2.45, 2.75) is 6.54 Å². The van der Waals surface area contributed by atoms with Crippen LogP contribution in [-0.2, 0) is 6.54 Å². The van der Waals surface area contributed by atoms with E-state index in [1.54, 1.807) is 0 Å². The molecular weight excluding hydrogens is 244 g/mol. The molecule has 0 spiro atoms. The van der Waals surface area contributed by atoms with Gasteiger partial charge in [0.25, 0.3) is 5.91 Å². The monoisotopic (exact) mass is 253 g/mol. The Hall–Kier alpha value is -1.75. The highest BCUT2D eigenvalue weighted by atomic mass is 32.1. The molecule has 0 aliphatic rings. The second-order valence-electron chi connectivity index (χ2n) is 3.39. The smallest absolute Gasteiger partial charge is 0.254 e. The zero-order valence-electron chi connectivity index (χ0n) is 8.74. The first-order valence-corrected chi connectivity index (χ1v) is 5.80. The molecule has 1 N–H and O–H groups in total. The summed E-state index contributed by atoms with van der Waals surface area (Å²) in [6.45, 7) is 0.312. The number of hydrogen-bond acceptors (Lipinski definition) is 2. The predicted octanol–water partition coefficient (Wildman–Crippen LogP) is 2.96. The van der Waals surface area contributed by atoms with E-state index in [9.17, 15) is 13.6 Å². The number of thiophene rings is 1. The molecule has 0 aliphatic carbocycles. The van der Waals surface area contributed by atoms with E-state index in [0.29, 0.717) is 6.54 Å². The van der Waals surface area contributed by atoms with Crippen molar-refractivity contribution < 1.29 is 13.6 Å². The van der Waals surface area contributed by atoms with Crippen LogP contribution in [0.2, 0.25) is 0 Å². The quantitative estimate of drug-likeness (QED) is 0.895. The van der Waals surface area contributed by atoms with Gasteiger partial charge in [0.2, 0.25) is 0 Å². The highest BCUT2D eigenvalue weighted by Gasteiger charge is 2.12. The molecule has 2 rings (SSSR count). The van der Waals surface area contributed by atoms with Gasteiger partial charge in [-0.05, 0) is 29.6 Å². The zero-order chi connectivity index (χ0) is 12.3. The van der Waals surface area contributed by atoms with Gasteiger partial charge in [0, 0.05) is 4.88 Å². The van der Waals surface area contributed by atoms with Crippen LogP contribution in [-0.4, -0.2) is 5.91 Å². The molecule has 0 saturated carbocycles. The van der Waals surface area contributed by atoms with Crippen molar-refractivity contribution in [3.63, 3.8) is 0 Å². The first-order valence-electron chi connectivity index (χ1n) is 4.92. The largest absolute Gasteiger partial charge is 0.347 e. The minimum atomic E-state index is -0.727. The summed E-state index contributed by atoms with van der Waals surface area (Å²) in [7, 11) is 0. The maximum atomic E-state index is 13.3. The summed E-state index contributed by atoms with van der Waals surface area (Å²) in [6.07, 6.45) is 0. The molecule has 0 radical (unpaired) electrons. The van der Waals surface area contributed by atoms with E-state index in [1.165, 1.54) is 11.3 Å². The average Bonchev–Trinajstić information content (AvgIpc) is 2.82. The number of hydrogen-bond donors (Lipinski definition) is 1. The molecule has 0 atom stereocenters. The Morgan fingerprint density at radius 3 is 2.82 bits per heavy atom. The number of rotatable bonds is 3. The van der Waals surface area contributed by atoms with Crippen LogP contribution >= 0.6 is 11.3 Å². The van der Waals surface area contributed by atoms with Gasteiger partial charge in [-0.15, -0.1) is 11.3 Å². The highest BCUT2D eigenvalue weighted by Crippen LogP contribution is 2.11. The van der Waals surface area contributed by atoms with Crippen LogP contribution in [0.25, 0.3) is 0 Å². The molecule has 1 amide bonds. The van der Waals surface area contributed by atoms with Crippen LogP contribution in [0.1, 0.15) is 15.2 Å². The van der Waals surface area contributed by atoms with Gasteiger partial charge in [0.1, 0.15) is 11.6 Å². The maximum absolute atomic E-state index is 13.3. The van der Waals surface area contributed by atoms with Crippen molar-refractivity contribution in [1.82, 2.24) is 5.32 Å². The average molecular weight is 253 g/mol. The summed E-state index contributed by atoms with van der Waals surface area (Å²) in [4.78, 5) is 12.6. The Morgan fingerprint density at radius 2 is 2.12 bits per heavy atom. The first kappa shape index (κ1) is 11.7. The van der Waals surface area contributed by atoms with E-state index in [-0.39, 0.29) is 5.56 Å². The topological polar surface area (TPSA) is 29.1 Å². The van der Waals surface area contributed by atoms with Crippen molar-refractivity contribution in [2.24, 2.45) is 0 Å². The zero-order valence-corrected chi connectivity index (χ0v) is 9.56. The number of halogens is 2. The van der Waals surface area contributed by atoms with E-state index in [1.807, 2.05) is 17.5 Å². The molecule has 2 nitrogen and oxygen atoms in total. The van der Waals surface area contributed by atoms with E-state index in [2.05, 4.69) is 5.32 Å². The molecule has 0 saturated heterocycles. The Labute approximate surface area is 101 Å². The third kappa shape index (κ3) is 2.88. The molecule has 0 aliphatic heterocycles. The predicted molar refractivity (Wildman–Crippen MR) is 61.8 cm³/mol. The van der Waals surface area contributed by atoms with Gasteiger partial charge in [-0.1, -0.05) is 6.07 Å². The fraction of sp³-hybridized carbons (Fsp3) is 0.0833. The van der Waals surface area contributed by atoms with Gasteiger partial charge < -0.3 is 5.32 Å². The van der Waals surface area contributed by atoms with Gasteiger partial charge >= 0.3 is 0 Å². The van der Waals surface area contributed by atoms with Crippen LogP contribution in [0.3, 0.4) is 0 Å². The van der Waals surface area contributed by atoms with E-state index in [0.717, 1.165) is 23.1 Å². The van der Waals surface area contributed by atoms with E-state index in [4.69, 9.17) is 0 Å². The summed E-state index contributed by atoms with van der Waals surface area (Å²) < 4.78 is 26.1. The standard InChI is InChI=1S/C12H9F2NOS/c13-8-3-4-11(14)10(6-8)12(16)15-7-9-2-1-5-17-9/h1-6H,7H2,(H,15,16). The molecule has 0 fully saturated rings. The Balaban J connectivity index is 2.07. The van der Waals surface area contributed by atoms with Crippen molar-refractivity contribution in [3.05, 3.63) is 57.8 Å². The molecule has 1 heterocycles. The van der Waals surface area contributed by atoms with Gasteiger partial charge in [-0.3, -0.25) is 4.79 Å². The second kappa shape index (κ2) is 5.05. The van der Waals surface area contributed by atoms with Gasteiger partial charge in [0.15, 0.2) is 0 Å². The van der Waals surface area contributed by atoms with Gasteiger partial charge in [0.05, 0.1) is 12.1 Å². The summed E-state index contributed by atoms with van der Waals surface area (Å²) in [5.74, 6) is -1.97. The highest BCUT2D eigenvalue weighted by molar-refractivity contribution is 7.09. The normalized spacial score (nSPS) is 10.2. The Bertz CT molecular complexity index is 525. The maximum Gasteiger partial charge on any atom is 0.254 e. The molecular formula is C12H9F2NOS. The third-order valence-electron chi connectivity index (χ3n) is 2.18. The van der Waals surface area contributed by atoms with Crippen molar-refractivity contribution in [2.75, 3.05) is 0 Å². The number of nitrogens with one attached hydrogen (secondary N) is 1. The van der Waals surface area contributed by atoms with Crippen molar-refractivity contribution in [3.8, 4) is 0 Å². The van der Waals surface area contributed by atoms with Crippen molar-refractivity contribution >= 4 is 17.2 Å². The Morgan fingerprint density at radius 1 is 1.29 bits per heavy atom. The molecule has 0 unspecified atom stereocenters. The molecule has 17 heavy (non-hydrogen) atoms. The summed E-state index contributed by atoms with van der Waals surface area (Å²) in [5, 5.41) is 4.41. The molecule has 1 aromatic carbocycles. The molecule has 5 heteroatoms. The lowest BCUT2D eigenvalue weighted by atomic mass is 10.2. The minimum absolute atomic E-state index is 0.276. The SMILES string of the molecule is O=C(NCc1cccs1)c1cc(F)ccc1F. The van der Waals surface area contributed by atoms with Crippen LogP contribution in [0, 0.1) is 11.6 Å². The first-order chi connectivity index (χ1) is 8.16. The number of benzene rings is 1. The second-order valence-corrected chi connectivity index (χ2v) is 4.42.